The van der Waals surface area contributed by atoms with Crippen LogP contribution in [0.25, 0.3) is 0 Å². The average molecular weight is 1320 g/mol. The summed E-state index contributed by atoms with van der Waals surface area (Å²) in [6, 6.07) is 0. The Morgan fingerprint density at radius 2 is 0.568 bits per heavy atom. The zero-order chi connectivity index (χ0) is 69.0. The average Bonchev–Trinajstić information content (AvgIpc) is 3.54. The number of allylic oxidation sites excluding steroid dienone is 28. The molecule has 95 heavy (non-hydrogen) atoms. The first-order valence-electron chi connectivity index (χ1n) is 38.3. The van der Waals surface area contributed by atoms with E-state index < -0.39 is 24.3 Å². The Hall–Kier alpha value is -5.35. The number of nitrogens with zero attached hydrogens (tertiary/aromatic N) is 1. The van der Waals surface area contributed by atoms with E-state index in [0.717, 1.165) is 128 Å². The topological polar surface area (TPSA) is 108 Å². The highest BCUT2D eigenvalue weighted by Crippen LogP contribution is 2.17. The van der Waals surface area contributed by atoms with Crippen LogP contribution in [-0.4, -0.2) is 87.4 Å². The van der Waals surface area contributed by atoms with Crippen LogP contribution >= 0.6 is 0 Å². The predicted octanol–water partition coefficient (Wildman–Crippen LogP) is 24.6. The normalized spacial score (nSPS) is 13.7. The third kappa shape index (κ3) is 75.9. The summed E-state index contributed by atoms with van der Waals surface area (Å²) >= 11 is 0. The highest BCUT2D eigenvalue weighted by molar-refractivity contribution is 5.71. The Balaban J connectivity index is 4.10. The summed E-state index contributed by atoms with van der Waals surface area (Å²) < 4.78 is 23.0. The summed E-state index contributed by atoms with van der Waals surface area (Å²) in [5, 5.41) is 9.77. The van der Waals surface area contributed by atoms with Gasteiger partial charge in [0.2, 0.25) is 0 Å². The Labute approximate surface area is 584 Å². The number of unbranched alkanes of at least 4 members (excludes halogenated alkanes) is 26. The van der Waals surface area contributed by atoms with Gasteiger partial charge in [0.15, 0.2) is 6.10 Å². The van der Waals surface area contributed by atoms with Gasteiger partial charge in [0.1, 0.15) is 13.2 Å². The molecule has 0 radical (unpaired) electrons. The highest BCUT2D eigenvalue weighted by Gasteiger charge is 2.25. The molecule has 0 fully saturated rings. The van der Waals surface area contributed by atoms with Crippen molar-refractivity contribution >= 4 is 17.9 Å². The lowest BCUT2D eigenvalue weighted by molar-refractivity contribution is -0.870. The number of quaternary nitrogens is 1. The van der Waals surface area contributed by atoms with Crippen LogP contribution in [0.15, 0.2) is 170 Å². The van der Waals surface area contributed by atoms with E-state index in [1.165, 1.54) is 135 Å². The number of hydrogen-bond donors (Lipinski definition) is 1. The molecular weight excluding hydrogens is 1170 g/mol. The van der Waals surface area contributed by atoms with Gasteiger partial charge in [-0.25, -0.2) is 4.79 Å². The van der Waals surface area contributed by atoms with E-state index in [2.05, 4.69) is 184 Å². The van der Waals surface area contributed by atoms with E-state index in [1.807, 2.05) is 21.1 Å². The number of aliphatic carboxylic acids is 1. The second kappa shape index (κ2) is 74.4. The molecule has 0 rings (SSSR count). The summed E-state index contributed by atoms with van der Waals surface area (Å²) in [6.45, 7) is 4.65. The Morgan fingerprint density at radius 1 is 0.316 bits per heavy atom. The SMILES string of the molecule is CC/C=C\C/C=C\C/C=C\C/C=C\C/C=C\C/C=C\C/C=C\C/C=C\C/C=C\CCCCCCCCCCCCCCCC(=O)OC(COC(=O)CCCCCCCCCCCCCCC/C=C\C/C=C\C/C=C\C/C=C\C/C=C\CC)COC(OCC[N+](C)(C)C)C(=O)O. The van der Waals surface area contributed by atoms with Gasteiger partial charge in [-0.05, 0) is 128 Å². The minimum atomic E-state index is -1.52. The molecule has 0 saturated carbocycles. The molecule has 1 N–H and O–H groups in total. The molecule has 0 aliphatic heterocycles. The summed E-state index contributed by atoms with van der Waals surface area (Å²) in [5.41, 5.74) is 0. The molecule has 0 amide bonds. The second-order valence-corrected chi connectivity index (χ2v) is 26.2. The van der Waals surface area contributed by atoms with Gasteiger partial charge in [0.25, 0.3) is 6.29 Å². The fourth-order valence-corrected chi connectivity index (χ4v) is 10.2. The standard InChI is InChI=1S/C86H141NO8/c1-6-8-10-12-14-16-18-20-22-24-26-28-30-32-34-36-37-38-39-40-41-42-43-44-45-46-47-49-51-53-55-57-59-61-63-65-67-69-71-73-75-77-84(89)95-82(81-94-86(85(90)91)92-79-78-87(3,4)5)80-93-83(88)76-74-72-70-68-66-64-62-60-58-56-54-52-50-48-35-33-31-29-27-25-23-21-19-17-15-13-11-9-7-2/h8-11,14-17,20-23,26-29,32-35,37-38,40-41,43-44,46-47,82,86H,6-7,12-13,18-19,24-25,30-31,36,39,42,45,48-81H2,1-5H3/p+1/b10-8-,11-9-,16-14-,17-15-,22-20-,23-21-,28-26-,29-27-,34-32-,35-33-,38-37-,41-40-,44-43-,47-46-. The van der Waals surface area contributed by atoms with Crippen LogP contribution in [0.4, 0.5) is 0 Å². The lowest BCUT2D eigenvalue weighted by Crippen LogP contribution is -2.40. The van der Waals surface area contributed by atoms with Gasteiger partial charge in [-0.3, -0.25) is 9.59 Å². The van der Waals surface area contributed by atoms with Gasteiger partial charge in [-0.2, -0.15) is 0 Å². The molecule has 0 aromatic carbocycles. The first-order valence-corrected chi connectivity index (χ1v) is 38.3. The third-order valence-electron chi connectivity index (χ3n) is 16.0. The molecule has 0 aromatic heterocycles. The number of carboxylic acid groups (broad SMARTS) is 1. The smallest absolute Gasteiger partial charge is 0.361 e. The monoisotopic (exact) mass is 1320 g/mol. The van der Waals surface area contributed by atoms with Crippen LogP contribution < -0.4 is 0 Å². The minimum Gasteiger partial charge on any atom is -0.477 e. The largest absolute Gasteiger partial charge is 0.477 e. The van der Waals surface area contributed by atoms with Gasteiger partial charge >= 0.3 is 17.9 Å². The Kier molecular flexibility index (Phi) is 70.2. The predicted molar refractivity (Wildman–Crippen MR) is 410 cm³/mol. The van der Waals surface area contributed by atoms with E-state index in [0.29, 0.717) is 23.9 Å². The molecule has 0 aromatic rings. The molecule has 0 bridgehead atoms. The molecule has 0 spiro atoms. The quantitative estimate of drug-likeness (QED) is 0.0211. The first-order chi connectivity index (χ1) is 46.6. The van der Waals surface area contributed by atoms with Crippen molar-refractivity contribution in [2.75, 3.05) is 47.5 Å². The molecule has 9 heteroatoms. The number of hydrogen-bond acceptors (Lipinski definition) is 7. The van der Waals surface area contributed by atoms with Gasteiger partial charge in [-0.1, -0.05) is 325 Å². The van der Waals surface area contributed by atoms with Crippen molar-refractivity contribution in [1.82, 2.24) is 0 Å². The molecular formula is C86H142NO8+. The highest BCUT2D eigenvalue weighted by atomic mass is 16.7. The summed E-state index contributed by atoms with van der Waals surface area (Å²) in [6.07, 6.45) is 109. The van der Waals surface area contributed by atoms with Crippen LogP contribution in [0.5, 0.6) is 0 Å². The fraction of sp³-hybridized carbons (Fsp3) is 0.640. The van der Waals surface area contributed by atoms with Gasteiger partial charge in [0, 0.05) is 12.8 Å². The van der Waals surface area contributed by atoms with Crippen LogP contribution in [0.2, 0.25) is 0 Å². The molecule has 2 atom stereocenters. The molecule has 9 nitrogen and oxygen atoms in total. The number of carbonyl (C=O) groups is 3. The van der Waals surface area contributed by atoms with Crippen molar-refractivity contribution in [2.24, 2.45) is 0 Å². The van der Waals surface area contributed by atoms with Crippen molar-refractivity contribution in [3.63, 3.8) is 0 Å². The van der Waals surface area contributed by atoms with Crippen LogP contribution in [0.3, 0.4) is 0 Å². The van der Waals surface area contributed by atoms with E-state index in [-0.39, 0.29) is 32.2 Å². The Morgan fingerprint density at radius 3 is 0.842 bits per heavy atom. The molecule has 538 valence electrons. The Bertz CT molecular complexity index is 2170. The zero-order valence-corrected chi connectivity index (χ0v) is 61.5. The maximum Gasteiger partial charge on any atom is 0.361 e. The molecule has 0 aliphatic rings. The minimum absolute atomic E-state index is 0.181. The van der Waals surface area contributed by atoms with Crippen molar-refractivity contribution in [3.05, 3.63) is 170 Å². The lowest BCUT2D eigenvalue weighted by atomic mass is 10.0. The number of rotatable bonds is 69. The lowest BCUT2D eigenvalue weighted by Gasteiger charge is -2.25. The van der Waals surface area contributed by atoms with E-state index in [9.17, 15) is 19.5 Å². The summed E-state index contributed by atoms with van der Waals surface area (Å²) in [7, 11) is 5.98. The van der Waals surface area contributed by atoms with E-state index in [4.69, 9.17) is 18.9 Å². The van der Waals surface area contributed by atoms with Crippen molar-refractivity contribution in [1.29, 1.82) is 0 Å². The maximum atomic E-state index is 13.0. The van der Waals surface area contributed by atoms with Gasteiger partial charge in [-0.15, -0.1) is 0 Å². The van der Waals surface area contributed by atoms with Gasteiger partial charge in [0.05, 0.1) is 34.4 Å². The van der Waals surface area contributed by atoms with Crippen molar-refractivity contribution in [2.45, 2.75) is 309 Å². The van der Waals surface area contributed by atoms with Crippen molar-refractivity contribution in [3.8, 4) is 0 Å². The second-order valence-electron chi connectivity index (χ2n) is 26.2. The number of ether oxygens (including phenoxy) is 4. The van der Waals surface area contributed by atoms with Crippen LogP contribution in [0, 0.1) is 0 Å². The molecule has 0 saturated heterocycles. The molecule has 0 aliphatic carbocycles. The summed E-state index contributed by atoms with van der Waals surface area (Å²) in [4.78, 5) is 37.7. The third-order valence-corrected chi connectivity index (χ3v) is 16.0. The fourth-order valence-electron chi connectivity index (χ4n) is 10.2. The first kappa shape index (κ1) is 89.6. The van der Waals surface area contributed by atoms with E-state index in [1.54, 1.807) is 0 Å². The number of carbonyl (C=O) groups excluding carboxylic acids is 2. The van der Waals surface area contributed by atoms with E-state index >= 15 is 0 Å². The zero-order valence-electron chi connectivity index (χ0n) is 61.5. The maximum absolute atomic E-state index is 13.0. The molecule has 2 unspecified atom stereocenters. The van der Waals surface area contributed by atoms with Crippen LogP contribution in [0.1, 0.15) is 296 Å². The summed E-state index contributed by atoms with van der Waals surface area (Å²) in [5.74, 6) is -2.01. The number of carboxylic acids is 1. The number of likely N-dealkylation sites (N-methyl/N-ethyl adjacent to an activating group) is 1. The van der Waals surface area contributed by atoms with Crippen molar-refractivity contribution < 1.29 is 42.9 Å². The number of esters is 2. The van der Waals surface area contributed by atoms with Crippen LogP contribution in [-0.2, 0) is 33.3 Å². The van der Waals surface area contributed by atoms with Gasteiger partial charge < -0.3 is 28.5 Å². The molecule has 0 heterocycles.